The molecule has 0 radical (unpaired) electrons. The van der Waals surface area contributed by atoms with E-state index in [1.807, 2.05) is 25.2 Å². The maximum atomic E-state index is 12.1. The fourth-order valence-electron chi connectivity index (χ4n) is 2.66. The van der Waals surface area contributed by atoms with E-state index in [0.29, 0.717) is 6.42 Å². The van der Waals surface area contributed by atoms with E-state index in [0.717, 1.165) is 12.8 Å². The smallest absolute Gasteiger partial charge is 0.226 e. The number of carbonyl (C=O) groups is 2. The zero-order chi connectivity index (χ0) is 13.8. The predicted molar refractivity (Wildman–Crippen MR) is 73.5 cm³/mol. The minimum absolute atomic E-state index is 0.0629. The van der Waals surface area contributed by atoms with Gasteiger partial charge in [0.2, 0.25) is 11.8 Å². The van der Waals surface area contributed by atoms with E-state index >= 15 is 0 Å². The van der Waals surface area contributed by atoms with E-state index in [1.165, 1.54) is 5.56 Å². The Morgan fingerprint density at radius 3 is 2.68 bits per heavy atom. The Morgan fingerprint density at radius 1 is 1.37 bits per heavy atom. The Labute approximate surface area is 113 Å². The highest BCUT2D eigenvalue weighted by Gasteiger charge is 2.37. The number of hydrogen-bond acceptors (Lipinski definition) is 2. The van der Waals surface area contributed by atoms with Crippen LogP contribution in [0.2, 0.25) is 0 Å². The van der Waals surface area contributed by atoms with Gasteiger partial charge in [-0.1, -0.05) is 30.3 Å². The summed E-state index contributed by atoms with van der Waals surface area (Å²) in [4.78, 5) is 25.3. The van der Waals surface area contributed by atoms with Gasteiger partial charge in [-0.05, 0) is 18.4 Å². The number of rotatable bonds is 4. The average molecular weight is 260 g/mol. The van der Waals surface area contributed by atoms with Gasteiger partial charge in [0.05, 0.1) is 0 Å². The number of amides is 2. The van der Waals surface area contributed by atoms with Crippen molar-refractivity contribution in [1.82, 2.24) is 10.2 Å². The lowest BCUT2D eigenvalue weighted by Crippen LogP contribution is -2.31. The fourth-order valence-corrected chi connectivity index (χ4v) is 2.66. The highest BCUT2D eigenvalue weighted by molar-refractivity contribution is 5.87. The molecule has 0 spiro atoms. The molecule has 1 heterocycles. The van der Waals surface area contributed by atoms with Gasteiger partial charge in [0, 0.05) is 32.5 Å². The van der Waals surface area contributed by atoms with Crippen molar-refractivity contribution in [2.24, 2.45) is 5.92 Å². The van der Waals surface area contributed by atoms with Gasteiger partial charge in [0.25, 0.3) is 0 Å². The van der Waals surface area contributed by atoms with Gasteiger partial charge >= 0.3 is 0 Å². The highest BCUT2D eigenvalue weighted by atomic mass is 16.2. The summed E-state index contributed by atoms with van der Waals surface area (Å²) in [6.45, 7) is 0. The van der Waals surface area contributed by atoms with Crippen LogP contribution in [0.4, 0.5) is 0 Å². The molecule has 2 rings (SSSR count). The largest absolute Gasteiger partial charge is 0.359 e. The normalized spacial score (nSPS) is 22.6. The maximum absolute atomic E-state index is 12.1. The summed E-state index contributed by atoms with van der Waals surface area (Å²) in [5.74, 6) is -0.143. The quantitative estimate of drug-likeness (QED) is 0.884. The second-order valence-corrected chi connectivity index (χ2v) is 5.10. The van der Waals surface area contributed by atoms with Crippen LogP contribution in [0.1, 0.15) is 18.4 Å². The zero-order valence-electron chi connectivity index (χ0n) is 11.4. The van der Waals surface area contributed by atoms with Gasteiger partial charge in [-0.2, -0.15) is 0 Å². The van der Waals surface area contributed by atoms with Crippen molar-refractivity contribution in [3.63, 3.8) is 0 Å². The number of nitrogens with zero attached hydrogens (tertiary/aromatic N) is 1. The molecule has 1 aliphatic heterocycles. The summed E-state index contributed by atoms with van der Waals surface area (Å²) < 4.78 is 0. The maximum Gasteiger partial charge on any atom is 0.226 e. The van der Waals surface area contributed by atoms with Gasteiger partial charge in [-0.3, -0.25) is 9.59 Å². The first kappa shape index (κ1) is 13.6. The van der Waals surface area contributed by atoms with Crippen molar-refractivity contribution < 1.29 is 9.59 Å². The van der Waals surface area contributed by atoms with Gasteiger partial charge in [0.15, 0.2) is 0 Å². The topological polar surface area (TPSA) is 49.4 Å². The van der Waals surface area contributed by atoms with Crippen LogP contribution in [0.15, 0.2) is 30.3 Å². The number of hydrogen-bond donors (Lipinski definition) is 1. The molecule has 0 saturated carbocycles. The predicted octanol–water partition coefficient (Wildman–Crippen LogP) is 1.21. The van der Waals surface area contributed by atoms with Gasteiger partial charge in [-0.15, -0.1) is 0 Å². The van der Waals surface area contributed by atoms with Crippen LogP contribution in [-0.2, 0) is 16.0 Å². The molecule has 1 aromatic rings. The third kappa shape index (κ3) is 3.13. The molecule has 0 aliphatic carbocycles. The monoisotopic (exact) mass is 260 g/mol. The molecule has 0 aromatic heterocycles. The zero-order valence-corrected chi connectivity index (χ0v) is 11.4. The summed E-state index contributed by atoms with van der Waals surface area (Å²) >= 11 is 0. The second kappa shape index (κ2) is 5.87. The lowest BCUT2D eigenvalue weighted by atomic mass is 9.97. The van der Waals surface area contributed by atoms with Crippen molar-refractivity contribution in [2.75, 3.05) is 14.1 Å². The first-order valence-corrected chi connectivity index (χ1v) is 6.63. The summed E-state index contributed by atoms with van der Waals surface area (Å²) in [7, 11) is 3.44. The van der Waals surface area contributed by atoms with Crippen LogP contribution in [-0.4, -0.2) is 36.9 Å². The average Bonchev–Trinajstić information content (AvgIpc) is 2.68. The number of likely N-dealkylation sites (N-methyl/N-ethyl adjacent to an activating group) is 1. The van der Waals surface area contributed by atoms with E-state index in [2.05, 4.69) is 17.4 Å². The minimum atomic E-state index is -0.168. The molecule has 2 amide bonds. The second-order valence-electron chi connectivity index (χ2n) is 5.10. The third-order valence-electron chi connectivity index (χ3n) is 3.83. The molecule has 0 bridgehead atoms. The molecule has 1 unspecified atom stereocenters. The molecule has 1 aromatic carbocycles. The summed E-state index contributed by atoms with van der Waals surface area (Å²) in [6.07, 6.45) is 1.91. The Kier molecular flexibility index (Phi) is 4.20. The summed E-state index contributed by atoms with van der Waals surface area (Å²) in [5, 5.41) is 2.58. The standard InChI is InChI=1S/C15H20N2O2/c1-16-14(18)10-12-9-13(17(2)15(12)19)8-11-6-4-3-5-7-11/h3-7,12-13H,8-10H2,1-2H3,(H,16,18)/t12?,13-/m0/s1. The molecule has 1 saturated heterocycles. The SMILES string of the molecule is CNC(=O)CC1C[C@H](Cc2ccccc2)N(C)C1=O. The molecule has 102 valence electrons. The van der Waals surface area contributed by atoms with Crippen molar-refractivity contribution in [3.8, 4) is 0 Å². The molecular formula is C15H20N2O2. The van der Waals surface area contributed by atoms with E-state index < -0.39 is 0 Å². The number of carbonyl (C=O) groups excluding carboxylic acids is 2. The molecular weight excluding hydrogens is 240 g/mol. The molecule has 19 heavy (non-hydrogen) atoms. The number of nitrogens with one attached hydrogen (secondary N) is 1. The van der Waals surface area contributed by atoms with Crippen LogP contribution >= 0.6 is 0 Å². The van der Waals surface area contributed by atoms with Crippen LogP contribution in [0.25, 0.3) is 0 Å². The Balaban J connectivity index is 2.00. The molecule has 1 fully saturated rings. The summed E-state index contributed by atoms with van der Waals surface area (Å²) in [6, 6.07) is 10.3. The van der Waals surface area contributed by atoms with Crippen molar-refractivity contribution in [2.45, 2.75) is 25.3 Å². The van der Waals surface area contributed by atoms with Gasteiger partial charge < -0.3 is 10.2 Å². The van der Waals surface area contributed by atoms with E-state index in [9.17, 15) is 9.59 Å². The lowest BCUT2D eigenvalue weighted by molar-refractivity contribution is -0.133. The fraction of sp³-hybridized carbons (Fsp3) is 0.467. The van der Waals surface area contributed by atoms with E-state index in [4.69, 9.17) is 0 Å². The molecule has 1 aliphatic rings. The minimum Gasteiger partial charge on any atom is -0.359 e. The lowest BCUT2D eigenvalue weighted by Gasteiger charge is -2.19. The van der Waals surface area contributed by atoms with Crippen LogP contribution in [0.3, 0.4) is 0 Å². The van der Waals surface area contributed by atoms with Crippen LogP contribution < -0.4 is 5.32 Å². The first-order chi connectivity index (χ1) is 9.11. The van der Waals surface area contributed by atoms with E-state index in [-0.39, 0.29) is 23.8 Å². The first-order valence-electron chi connectivity index (χ1n) is 6.63. The molecule has 4 nitrogen and oxygen atoms in total. The Morgan fingerprint density at radius 2 is 2.05 bits per heavy atom. The molecule has 1 N–H and O–H groups in total. The van der Waals surface area contributed by atoms with Crippen LogP contribution in [0, 0.1) is 5.92 Å². The van der Waals surface area contributed by atoms with Gasteiger partial charge in [0.1, 0.15) is 0 Å². The van der Waals surface area contributed by atoms with Crippen LogP contribution in [0.5, 0.6) is 0 Å². The molecule has 2 atom stereocenters. The summed E-state index contributed by atoms with van der Waals surface area (Å²) in [5.41, 5.74) is 1.23. The Bertz CT molecular complexity index is 458. The number of benzene rings is 1. The Hall–Kier alpha value is -1.84. The molecule has 4 heteroatoms. The highest BCUT2D eigenvalue weighted by Crippen LogP contribution is 2.28. The third-order valence-corrected chi connectivity index (χ3v) is 3.83. The van der Waals surface area contributed by atoms with Crippen molar-refractivity contribution in [3.05, 3.63) is 35.9 Å². The number of likely N-dealkylation sites (tertiary alicyclic amines) is 1. The van der Waals surface area contributed by atoms with Crippen molar-refractivity contribution >= 4 is 11.8 Å². The van der Waals surface area contributed by atoms with Crippen molar-refractivity contribution in [1.29, 1.82) is 0 Å². The van der Waals surface area contributed by atoms with E-state index in [1.54, 1.807) is 11.9 Å². The van der Waals surface area contributed by atoms with Gasteiger partial charge in [-0.25, -0.2) is 0 Å².